The highest BCUT2D eigenvalue weighted by Gasteiger charge is 2.01. The van der Waals surface area contributed by atoms with Gasteiger partial charge in [0, 0.05) is 6.20 Å². The van der Waals surface area contributed by atoms with Crippen molar-refractivity contribution in [2.24, 2.45) is 0 Å². The highest BCUT2D eigenvalue weighted by Crippen LogP contribution is 2.17. The van der Waals surface area contributed by atoms with E-state index in [1.165, 1.54) is 6.20 Å². The first-order valence-corrected chi connectivity index (χ1v) is 4.61. The molecule has 1 N–H and O–H groups in total. The summed E-state index contributed by atoms with van der Waals surface area (Å²) in [5.74, 6) is 0.822. The number of aromatic amines is 1. The quantitative estimate of drug-likeness (QED) is 0.832. The van der Waals surface area contributed by atoms with Gasteiger partial charge in [-0.05, 0) is 18.6 Å². The van der Waals surface area contributed by atoms with Crippen LogP contribution in [0.3, 0.4) is 0 Å². The van der Waals surface area contributed by atoms with Gasteiger partial charge in [-0.3, -0.25) is 4.98 Å². The maximum absolute atomic E-state index is 10.7. The molecule has 1 aromatic heterocycles. The number of nitrogens with one attached hydrogen (secondary N) is 1. The number of para-hydroxylation sites is 1. The third-order valence-corrected chi connectivity index (χ3v) is 2.04. The van der Waals surface area contributed by atoms with Crippen LogP contribution >= 0.6 is 0 Å². The molecule has 2 aromatic rings. The van der Waals surface area contributed by atoms with Crippen molar-refractivity contribution in [3.8, 4) is 5.75 Å². The number of benzene rings is 1. The van der Waals surface area contributed by atoms with Gasteiger partial charge >= 0.3 is 5.76 Å². The lowest BCUT2D eigenvalue weighted by atomic mass is 10.2. The van der Waals surface area contributed by atoms with E-state index in [4.69, 9.17) is 9.15 Å². The van der Waals surface area contributed by atoms with Crippen LogP contribution in [0, 0.1) is 6.92 Å². The van der Waals surface area contributed by atoms with Gasteiger partial charge in [0.1, 0.15) is 12.4 Å². The van der Waals surface area contributed by atoms with Crippen molar-refractivity contribution < 1.29 is 9.15 Å². The van der Waals surface area contributed by atoms with E-state index in [2.05, 4.69) is 4.98 Å². The van der Waals surface area contributed by atoms with Crippen molar-refractivity contribution in [1.29, 1.82) is 0 Å². The van der Waals surface area contributed by atoms with Crippen molar-refractivity contribution in [3.63, 3.8) is 0 Å². The molecule has 0 aliphatic carbocycles. The summed E-state index contributed by atoms with van der Waals surface area (Å²) in [5.41, 5.74) is 1.05. The molecule has 0 unspecified atom stereocenters. The Labute approximate surface area is 86.5 Å². The molecule has 0 saturated carbocycles. The summed E-state index contributed by atoms with van der Waals surface area (Å²) in [6, 6.07) is 7.68. The lowest BCUT2D eigenvalue weighted by Crippen LogP contribution is -1.96. The van der Waals surface area contributed by atoms with Gasteiger partial charge < -0.3 is 9.15 Å². The Bertz CT molecular complexity index is 498. The molecule has 2 rings (SSSR count). The van der Waals surface area contributed by atoms with Crippen molar-refractivity contribution >= 4 is 0 Å². The van der Waals surface area contributed by atoms with E-state index in [0.29, 0.717) is 5.76 Å². The van der Waals surface area contributed by atoms with Crippen LogP contribution in [-0.4, -0.2) is 4.98 Å². The molecule has 15 heavy (non-hydrogen) atoms. The first kappa shape index (κ1) is 9.58. The second-order valence-corrected chi connectivity index (χ2v) is 3.20. The molecule has 0 radical (unpaired) electrons. The van der Waals surface area contributed by atoms with Crippen LogP contribution in [0.1, 0.15) is 11.3 Å². The van der Waals surface area contributed by atoms with Crippen molar-refractivity contribution in [3.05, 3.63) is 52.3 Å². The number of hydrogen-bond acceptors (Lipinski definition) is 3. The topological polar surface area (TPSA) is 55.2 Å². The zero-order valence-corrected chi connectivity index (χ0v) is 8.32. The fourth-order valence-corrected chi connectivity index (χ4v) is 1.26. The molecular weight excluding hydrogens is 194 g/mol. The zero-order valence-electron chi connectivity index (χ0n) is 8.32. The van der Waals surface area contributed by atoms with Gasteiger partial charge in [0.25, 0.3) is 0 Å². The van der Waals surface area contributed by atoms with Gasteiger partial charge in [0.05, 0.1) is 0 Å². The van der Waals surface area contributed by atoms with Crippen LogP contribution in [-0.2, 0) is 6.61 Å². The van der Waals surface area contributed by atoms with E-state index in [0.717, 1.165) is 11.3 Å². The number of hydrogen-bond donors (Lipinski definition) is 1. The molecule has 0 spiro atoms. The summed E-state index contributed by atoms with van der Waals surface area (Å²) in [6.07, 6.45) is 1.50. The third-order valence-electron chi connectivity index (χ3n) is 2.04. The normalized spacial score (nSPS) is 10.2. The molecule has 0 bridgehead atoms. The molecule has 78 valence electrons. The number of aromatic nitrogens is 1. The van der Waals surface area contributed by atoms with Crippen LogP contribution in [0.15, 0.2) is 39.7 Å². The minimum absolute atomic E-state index is 0.254. The summed E-state index contributed by atoms with van der Waals surface area (Å²) in [7, 11) is 0. The molecule has 0 atom stereocenters. The molecule has 4 heteroatoms. The molecule has 0 amide bonds. The standard InChI is InChI=1S/C11H11NO3/c1-8-4-2-3-5-10(8)14-7-9-6-12-11(13)15-9/h2-6H,7H2,1H3,(H,12,13). The Morgan fingerprint density at radius 3 is 2.87 bits per heavy atom. The van der Waals surface area contributed by atoms with E-state index in [1.807, 2.05) is 31.2 Å². The summed E-state index contributed by atoms with van der Waals surface area (Å²) >= 11 is 0. The number of H-pyrrole nitrogens is 1. The highest BCUT2D eigenvalue weighted by molar-refractivity contribution is 5.31. The van der Waals surface area contributed by atoms with E-state index in [1.54, 1.807) is 0 Å². The van der Waals surface area contributed by atoms with Crippen LogP contribution < -0.4 is 10.5 Å². The monoisotopic (exact) mass is 205 g/mol. The van der Waals surface area contributed by atoms with Gasteiger partial charge in [0.15, 0.2) is 5.76 Å². The third kappa shape index (κ3) is 2.28. The second-order valence-electron chi connectivity index (χ2n) is 3.20. The maximum atomic E-state index is 10.7. The minimum atomic E-state index is -0.460. The minimum Gasteiger partial charge on any atom is -0.485 e. The largest absolute Gasteiger partial charge is 0.485 e. The van der Waals surface area contributed by atoms with Gasteiger partial charge in [-0.2, -0.15) is 0 Å². The van der Waals surface area contributed by atoms with Crippen molar-refractivity contribution in [2.45, 2.75) is 13.5 Å². The van der Waals surface area contributed by atoms with E-state index >= 15 is 0 Å². The molecule has 1 aromatic carbocycles. The fourth-order valence-electron chi connectivity index (χ4n) is 1.26. The lowest BCUT2D eigenvalue weighted by Gasteiger charge is -2.06. The van der Waals surface area contributed by atoms with Gasteiger partial charge in [0.2, 0.25) is 0 Å². The zero-order chi connectivity index (χ0) is 10.7. The number of aryl methyl sites for hydroxylation is 1. The first-order valence-electron chi connectivity index (χ1n) is 4.61. The summed E-state index contributed by atoms with van der Waals surface area (Å²) < 4.78 is 10.3. The second kappa shape index (κ2) is 4.04. The smallest absolute Gasteiger partial charge is 0.416 e. The van der Waals surface area contributed by atoms with Crippen molar-refractivity contribution in [2.75, 3.05) is 0 Å². The Morgan fingerprint density at radius 2 is 2.20 bits per heavy atom. The molecule has 0 saturated heterocycles. The first-order chi connectivity index (χ1) is 7.25. The SMILES string of the molecule is Cc1ccccc1OCc1c[nH]c(=O)o1. The fraction of sp³-hybridized carbons (Fsp3) is 0.182. The molecule has 0 aliphatic rings. The number of rotatable bonds is 3. The number of oxazole rings is 1. The molecule has 4 nitrogen and oxygen atoms in total. The van der Waals surface area contributed by atoms with Crippen LogP contribution in [0.2, 0.25) is 0 Å². The van der Waals surface area contributed by atoms with Gasteiger partial charge in [-0.15, -0.1) is 0 Å². The Kier molecular flexibility index (Phi) is 2.58. The highest BCUT2D eigenvalue weighted by atomic mass is 16.5. The van der Waals surface area contributed by atoms with Crippen molar-refractivity contribution in [1.82, 2.24) is 4.98 Å². The Hall–Kier alpha value is -1.97. The van der Waals surface area contributed by atoms with Gasteiger partial charge in [-0.25, -0.2) is 4.79 Å². The molecule has 0 fully saturated rings. The van der Waals surface area contributed by atoms with Gasteiger partial charge in [-0.1, -0.05) is 18.2 Å². The molecule has 0 aliphatic heterocycles. The van der Waals surface area contributed by atoms with Crippen LogP contribution in [0.5, 0.6) is 5.75 Å². The van der Waals surface area contributed by atoms with E-state index in [-0.39, 0.29) is 6.61 Å². The Balaban J connectivity index is 2.05. The van der Waals surface area contributed by atoms with E-state index in [9.17, 15) is 4.79 Å². The molecular formula is C11H11NO3. The lowest BCUT2D eigenvalue weighted by molar-refractivity contribution is 0.264. The maximum Gasteiger partial charge on any atom is 0.416 e. The number of ether oxygens (including phenoxy) is 1. The summed E-state index contributed by atoms with van der Waals surface area (Å²) in [4.78, 5) is 13.1. The molecule has 1 heterocycles. The van der Waals surface area contributed by atoms with Crippen LogP contribution in [0.4, 0.5) is 0 Å². The summed E-state index contributed by atoms with van der Waals surface area (Å²) in [5, 5.41) is 0. The summed E-state index contributed by atoms with van der Waals surface area (Å²) in [6.45, 7) is 2.21. The van der Waals surface area contributed by atoms with Crippen LogP contribution in [0.25, 0.3) is 0 Å². The Morgan fingerprint density at radius 1 is 1.40 bits per heavy atom. The average Bonchev–Trinajstić information content (AvgIpc) is 2.63. The predicted molar refractivity (Wildman–Crippen MR) is 54.8 cm³/mol. The average molecular weight is 205 g/mol. The predicted octanol–water partition coefficient (Wildman–Crippen LogP) is 1.86. The van der Waals surface area contributed by atoms with E-state index < -0.39 is 5.76 Å².